The zero-order chi connectivity index (χ0) is 18.4. The minimum Gasteiger partial charge on any atom is -0.294 e. The van der Waals surface area contributed by atoms with Crippen molar-refractivity contribution in [2.24, 2.45) is 5.92 Å². The van der Waals surface area contributed by atoms with E-state index in [0.29, 0.717) is 11.5 Å². The van der Waals surface area contributed by atoms with Crippen LogP contribution >= 0.6 is 11.3 Å². The van der Waals surface area contributed by atoms with Crippen LogP contribution < -0.4 is 5.56 Å². The average molecular weight is 369 g/mol. The Bertz CT molecular complexity index is 1080. The van der Waals surface area contributed by atoms with Gasteiger partial charge in [-0.15, -0.1) is 11.3 Å². The molecule has 1 atom stereocenters. The van der Waals surface area contributed by atoms with Crippen LogP contribution in [0.4, 0.5) is 5.69 Å². The number of nitro groups is 1. The van der Waals surface area contributed by atoms with E-state index in [2.05, 4.69) is 11.9 Å². The Labute approximate surface area is 154 Å². The van der Waals surface area contributed by atoms with Crippen LogP contribution in [0.1, 0.15) is 34.9 Å². The molecule has 0 saturated carbocycles. The molecule has 0 saturated heterocycles. The van der Waals surface area contributed by atoms with Crippen molar-refractivity contribution in [3.05, 3.63) is 66.6 Å². The molecule has 1 aliphatic rings. The van der Waals surface area contributed by atoms with E-state index in [9.17, 15) is 14.9 Å². The Hall–Kier alpha value is -2.54. The van der Waals surface area contributed by atoms with Crippen LogP contribution in [0.5, 0.6) is 0 Å². The van der Waals surface area contributed by atoms with Gasteiger partial charge in [-0.05, 0) is 43.2 Å². The zero-order valence-electron chi connectivity index (χ0n) is 14.7. The predicted molar refractivity (Wildman–Crippen MR) is 102 cm³/mol. The number of nitro benzene ring substituents is 1. The second kappa shape index (κ2) is 6.32. The third-order valence-electron chi connectivity index (χ3n) is 5.24. The lowest BCUT2D eigenvalue weighted by molar-refractivity contribution is -0.385. The van der Waals surface area contributed by atoms with Crippen LogP contribution in [0.25, 0.3) is 10.2 Å². The van der Waals surface area contributed by atoms with Crippen LogP contribution in [0.2, 0.25) is 0 Å². The second-order valence-electron chi connectivity index (χ2n) is 7.03. The van der Waals surface area contributed by atoms with Crippen LogP contribution in [0, 0.1) is 23.0 Å². The van der Waals surface area contributed by atoms with Crippen molar-refractivity contribution >= 4 is 27.2 Å². The maximum atomic E-state index is 13.1. The van der Waals surface area contributed by atoms with Gasteiger partial charge in [-0.2, -0.15) is 0 Å². The molecule has 6 nitrogen and oxygen atoms in total. The van der Waals surface area contributed by atoms with Gasteiger partial charge in [0.25, 0.3) is 11.2 Å². The normalized spacial score (nSPS) is 16.6. The molecule has 0 fully saturated rings. The number of aromatic nitrogens is 2. The fourth-order valence-corrected chi connectivity index (χ4v) is 5.04. The first kappa shape index (κ1) is 16.9. The molecule has 0 unspecified atom stereocenters. The molecule has 1 aromatic carbocycles. The highest BCUT2D eigenvalue weighted by Crippen LogP contribution is 2.35. The van der Waals surface area contributed by atoms with E-state index in [-0.39, 0.29) is 22.7 Å². The monoisotopic (exact) mass is 369 g/mol. The summed E-state index contributed by atoms with van der Waals surface area (Å²) < 4.78 is 1.57. The van der Waals surface area contributed by atoms with E-state index in [1.54, 1.807) is 35.2 Å². The molecule has 2 aromatic heterocycles. The van der Waals surface area contributed by atoms with Crippen molar-refractivity contribution in [3.63, 3.8) is 0 Å². The van der Waals surface area contributed by atoms with E-state index in [0.717, 1.165) is 40.6 Å². The Morgan fingerprint density at radius 2 is 2.23 bits per heavy atom. The number of fused-ring (bicyclic) bond motifs is 3. The molecule has 26 heavy (non-hydrogen) atoms. The Morgan fingerprint density at radius 1 is 1.42 bits per heavy atom. The molecule has 0 aliphatic heterocycles. The standard InChI is InChI=1S/C19H19N3O3S/c1-11-6-7-14-16(8-11)26-18-17(14)19(23)21(10-20-18)9-13-4-3-5-15(12(13)2)22(24)25/h3-5,10-11H,6-9H2,1-2H3/t11-/m1/s1. The van der Waals surface area contributed by atoms with Crippen molar-refractivity contribution < 1.29 is 4.92 Å². The summed E-state index contributed by atoms with van der Waals surface area (Å²) in [5.41, 5.74) is 2.54. The molecule has 0 amide bonds. The minimum atomic E-state index is -0.389. The number of benzene rings is 1. The highest BCUT2D eigenvalue weighted by atomic mass is 32.1. The fraction of sp³-hybridized carbons (Fsp3) is 0.368. The first-order chi connectivity index (χ1) is 12.5. The summed E-state index contributed by atoms with van der Waals surface area (Å²) in [5.74, 6) is 0.644. The van der Waals surface area contributed by atoms with E-state index in [1.165, 1.54) is 10.9 Å². The smallest absolute Gasteiger partial charge is 0.272 e. The number of aryl methyl sites for hydroxylation is 1. The van der Waals surface area contributed by atoms with Gasteiger partial charge in [-0.1, -0.05) is 19.1 Å². The van der Waals surface area contributed by atoms with E-state index >= 15 is 0 Å². The maximum Gasteiger partial charge on any atom is 0.272 e. The summed E-state index contributed by atoms with van der Waals surface area (Å²) in [6.07, 6.45) is 4.60. The molecular weight excluding hydrogens is 350 g/mol. The molecule has 4 rings (SSSR count). The largest absolute Gasteiger partial charge is 0.294 e. The minimum absolute atomic E-state index is 0.0482. The van der Waals surface area contributed by atoms with Gasteiger partial charge in [0.05, 0.1) is 23.2 Å². The van der Waals surface area contributed by atoms with Crippen LogP contribution in [0.15, 0.2) is 29.3 Å². The highest BCUT2D eigenvalue weighted by molar-refractivity contribution is 7.18. The molecule has 7 heteroatoms. The summed E-state index contributed by atoms with van der Waals surface area (Å²) in [7, 11) is 0. The van der Waals surface area contributed by atoms with Gasteiger partial charge in [0, 0.05) is 16.5 Å². The van der Waals surface area contributed by atoms with Crippen LogP contribution in [-0.4, -0.2) is 14.5 Å². The third kappa shape index (κ3) is 2.72. The van der Waals surface area contributed by atoms with E-state index in [1.807, 2.05) is 6.07 Å². The van der Waals surface area contributed by atoms with Crippen molar-refractivity contribution in [1.29, 1.82) is 0 Å². The molecule has 0 spiro atoms. The topological polar surface area (TPSA) is 78.0 Å². The summed E-state index contributed by atoms with van der Waals surface area (Å²) in [6, 6.07) is 4.97. The summed E-state index contributed by atoms with van der Waals surface area (Å²) in [5, 5.41) is 11.9. The van der Waals surface area contributed by atoms with Gasteiger partial charge >= 0.3 is 0 Å². The van der Waals surface area contributed by atoms with Crippen molar-refractivity contribution in [2.45, 2.75) is 39.7 Å². The summed E-state index contributed by atoms with van der Waals surface area (Å²) >= 11 is 1.63. The maximum absolute atomic E-state index is 13.1. The number of thiophene rings is 1. The summed E-state index contributed by atoms with van der Waals surface area (Å²) in [6.45, 7) is 4.25. The molecule has 1 aliphatic carbocycles. The molecule has 3 aromatic rings. The number of nitrogens with zero attached hydrogens (tertiary/aromatic N) is 3. The molecule has 0 radical (unpaired) electrons. The van der Waals surface area contributed by atoms with E-state index < -0.39 is 0 Å². The van der Waals surface area contributed by atoms with Gasteiger partial charge < -0.3 is 0 Å². The first-order valence-corrected chi connectivity index (χ1v) is 9.50. The van der Waals surface area contributed by atoms with Crippen molar-refractivity contribution in [1.82, 2.24) is 9.55 Å². The lowest BCUT2D eigenvalue weighted by atomic mass is 9.89. The van der Waals surface area contributed by atoms with Crippen LogP contribution in [-0.2, 0) is 19.4 Å². The highest BCUT2D eigenvalue weighted by Gasteiger charge is 2.23. The van der Waals surface area contributed by atoms with Crippen molar-refractivity contribution in [3.8, 4) is 0 Å². The Morgan fingerprint density at radius 3 is 3.00 bits per heavy atom. The van der Waals surface area contributed by atoms with Crippen LogP contribution in [0.3, 0.4) is 0 Å². The summed E-state index contributed by atoms with van der Waals surface area (Å²) in [4.78, 5) is 30.4. The van der Waals surface area contributed by atoms with Gasteiger partial charge in [-0.3, -0.25) is 19.5 Å². The van der Waals surface area contributed by atoms with Gasteiger partial charge in [0.15, 0.2) is 0 Å². The average Bonchev–Trinajstić information content (AvgIpc) is 2.96. The SMILES string of the molecule is Cc1c(Cn2cnc3sc4c(c3c2=O)CC[C@@H](C)C4)cccc1[N+](=O)[O-]. The Kier molecular flexibility index (Phi) is 4.11. The lowest BCUT2D eigenvalue weighted by Gasteiger charge is -2.17. The quantitative estimate of drug-likeness (QED) is 0.519. The number of hydrogen-bond acceptors (Lipinski definition) is 5. The predicted octanol–water partition coefficient (Wildman–Crippen LogP) is 3.85. The third-order valence-corrected chi connectivity index (χ3v) is 6.40. The molecule has 134 valence electrons. The van der Waals surface area contributed by atoms with Gasteiger partial charge in [-0.25, -0.2) is 4.98 Å². The molecule has 0 bridgehead atoms. The molecule has 2 heterocycles. The fourth-order valence-electron chi connectivity index (χ4n) is 3.70. The number of rotatable bonds is 3. The molecule has 0 N–H and O–H groups in total. The van der Waals surface area contributed by atoms with Gasteiger partial charge in [0.2, 0.25) is 0 Å². The van der Waals surface area contributed by atoms with Gasteiger partial charge in [0.1, 0.15) is 4.83 Å². The van der Waals surface area contributed by atoms with E-state index in [4.69, 9.17) is 0 Å². The van der Waals surface area contributed by atoms with Crippen molar-refractivity contribution in [2.75, 3.05) is 0 Å². The number of hydrogen-bond donors (Lipinski definition) is 0. The zero-order valence-corrected chi connectivity index (χ0v) is 15.5. The second-order valence-corrected chi connectivity index (χ2v) is 8.11. The first-order valence-electron chi connectivity index (χ1n) is 8.68. The molecular formula is C19H19N3O3S. The lowest BCUT2D eigenvalue weighted by Crippen LogP contribution is -2.22. The Balaban J connectivity index is 1.79.